The lowest BCUT2D eigenvalue weighted by Gasteiger charge is -2.18. The molecule has 0 heterocycles. The van der Waals surface area contributed by atoms with E-state index in [1.807, 2.05) is 0 Å². The Morgan fingerprint density at radius 1 is 0.522 bits per heavy atom. The molecular weight excluding hydrogens is 300 g/mol. The minimum Gasteiger partial charge on any atom is -0.508 e. The van der Waals surface area contributed by atoms with Crippen molar-refractivity contribution < 1.29 is 30.6 Å². The van der Waals surface area contributed by atoms with Crippen LogP contribution in [0.1, 0.15) is 33.4 Å². The number of aromatic hydroxyl groups is 2. The van der Waals surface area contributed by atoms with Crippen LogP contribution in [0.3, 0.4) is 0 Å². The van der Waals surface area contributed by atoms with Crippen molar-refractivity contribution in [2.24, 2.45) is 0 Å². The van der Waals surface area contributed by atoms with E-state index < -0.39 is 13.2 Å². The average molecular weight is 320 g/mol. The van der Waals surface area contributed by atoms with Crippen molar-refractivity contribution in [3.05, 3.63) is 57.6 Å². The Morgan fingerprint density at radius 2 is 0.913 bits per heavy atom. The summed E-state index contributed by atoms with van der Waals surface area (Å²) in [5.41, 5.74) is 2.58. The van der Waals surface area contributed by atoms with Crippen molar-refractivity contribution in [2.75, 3.05) is 0 Å². The molecule has 0 aliphatic carbocycles. The highest BCUT2D eigenvalue weighted by molar-refractivity contribution is 5.51. The summed E-state index contributed by atoms with van der Waals surface area (Å²) < 4.78 is 0. The topological polar surface area (TPSA) is 121 Å². The van der Waals surface area contributed by atoms with Gasteiger partial charge in [-0.15, -0.1) is 0 Å². The lowest BCUT2D eigenvalue weighted by molar-refractivity contribution is 0.266. The van der Waals surface area contributed by atoms with Gasteiger partial charge in [-0.25, -0.2) is 0 Å². The van der Waals surface area contributed by atoms with Gasteiger partial charge in [-0.1, -0.05) is 12.1 Å². The van der Waals surface area contributed by atoms with Gasteiger partial charge in [0.05, 0.1) is 26.4 Å². The van der Waals surface area contributed by atoms with Gasteiger partial charge in [0.1, 0.15) is 11.5 Å². The standard InChI is InChI=1S/C17H20O6/c18-6-10-1-3-16(22)14(8-20)12(10)5-13-11(7-19)2-4-17(23)15(13)9-21/h1-4,18-23H,5-9H2. The second-order valence-corrected chi connectivity index (χ2v) is 5.21. The summed E-state index contributed by atoms with van der Waals surface area (Å²) in [6.45, 7) is -1.41. The fourth-order valence-electron chi connectivity index (χ4n) is 2.72. The van der Waals surface area contributed by atoms with Crippen LogP contribution in [-0.4, -0.2) is 30.6 Å². The third-order valence-electron chi connectivity index (χ3n) is 4.02. The van der Waals surface area contributed by atoms with E-state index in [1.165, 1.54) is 12.1 Å². The van der Waals surface area contributed by atoms with Crippen LogP contribution in [0.2, 0.25) is 0 Å². The van der Waals surface area contributed by atoms with Crippen LogP contribution in [0.15, 0.2) is 24.3 Å². The Balaban J connectivity index is 2.64. The first-order chi connectivity index (χ1) is 11.1. The van der Waals surface area contributed by atoms with E-state index in [0.717, 1.165) is 0 Å². The van der Waals surface area contributed by atoms with Crippen molar-refractivity contribution in [3.8, 4) is 11.5 Å². The molecule has 6 heteroatoms. The zero-order valence-corrected chi connectivity index (χ0v) is 12.5. The Morgan fingerprint density at radius 3 is 1.22 bits per heavy atom. The van der Waals surface area contributed by atoms with Crippen LogP contribution in [-0.2, 0) is 32.8 Å². The Hall–Kier alpha value is -2.12. The zero-order valence-electron chi connectivity index (χ0n) is 12.5. The Kier molecular flexibility index (Phi) is 5.57. The molecule has 0 unspecified atom stereocenters. The number of benzene rings is 2. The molecule has 2 aromatic rings. The smallest absolute Gasteiger partial charge is 0.121 e. The van der Waals surface area contributed by atoms with Crippen molar-refractivity contribution >= 4 is 0 Å². The maximum Gasteiger partial charge on any atom is 0.121 e. The fraction of sp³-hybridized carbons (Fsp3) is 0.294. The summed E-state index contributed by atoms with van der Waals surface area (Å²) in [6.07, 6.45) is 0.139. The molecule has 0 saturated carbocycles. The maximum absolute atomic E-state index is 9.91. The van der Waals surface area contributed by atoms with E-state index in [1.54, 1.807) is 12.1 Å². The minimum atomic E-state index is -0.420. The SMILES string of the molecule is OCc1ccc(O)c(CO)c1Cc1c(CO)ccc(O)c1CO. The number of hydrogen-bond acceptors (Lipinski definition) is 6. The van der Waals surface area contributed by atoms with Gasteiger partial charge in [-0.2, -0.15) is 0 Å². The van der Waals surface area contributed by atoms with E-state index in [4.69, 9.17) is 0 Å². The predicted molar refractivity (Wildman–Crippen MR) is 82.7 cm³/mol. The highest BCUT2D eigenvalue weighted by atomic mass is 16.3. The Bertz CT molecular complexity index is 636. The van der Waals surface area contributed by atoms with Gasteiger partial charge in [-0.05, 0) is 40.8 Å². The van der Waals surface area contributed by atoms with Crippen LogP contribution >= 0.6 is 0 Å². The minimum absolute atomic E-state index is 0.101. The van der Waals surface area contributed by atoms with Crippen LogP contribution < -0.4 is 0 Å². The van der Waals surface area contributed by atoms with Gasteiger partial charge in [-0.3, -0.25) is 0 Å². The number of hydrogen-bond donors (Lipinski definition) is 6. The highest BCUT2D eigenvalue weighted by Gasteiger charge is 2.18. The van der Waals surface area contributed by atoms with Crippen LogP contribution in [0, 0.1) is 0 Å². The number of rotatable bonds is 6. The van der Waals surface area contributed by atoms with Gasteiger partial charge >= 0.3 is 0 Å². The van der Waals surface area contributed by atoms with E-state index in [-0.39, 0.29) is 42.3 Å². The van der Waals surface area contributed by atoms with Crippen molar-refractivity contribution in [1.29, 1.82) is 0 Å². The molecule has 0 saturated heterocycles. The molecule has 0 atom stereocenters. The van der Waals surface area contributed by atoms with Gasteiger partial charge in [0, 0.05) is 11.1 Å². The average Bonchev–Trinajstić information content (AvgIpc) is 2.56. The molecule has 23 heavy (non-hydrogen) atoms. The molecule has 0 aliphatic heterocycles. The Labute approximate surface area is 133 Å². The molecule has 0 bridgehead atoms. The monoisotopic (exact) mass is 320 g/mol. The van der Waals surface area contributed by atoms with Crippen molar-refractivity contribution in [1.82, 2.24) is 0 Å². The molecule has 2 aromatic carbocycles. The largest absolute Gasteiger partial charge is 0.508 e. The summed E-state index contributed by atoms with van der Waals surface area (Å²) in [7, 11) is 0. The molecule has 0 radical (unpaired) electrons. The third kappa shape index (κ3) is 3.30. The molecule has 0 fully saturated rings. The van der Waals surface area contributed by atoms with Crippen LogP contribution in [0.25, 0.3) is 0 Å². The van der Waals surface area contributed by atoms with Crippen LogP contribution in [0.5, 0.6) is 11.5 Å². The van der Waals surface area contributed by atoms with E-state index in [0.29, 0.717) is 22.3 Å². The van der Waals surface area contributed by atoms with Gasteiger partial charge in [0.15, 0.2) is 0 Å². The van der Waals surface area contributed by atoms with Crippen molar-refractivity contribution in [3.63, 3.8) is 0 Å². The lowest BCUT2D eigenvalue weighted by atomic mass is 9.89. The first kappa shape index (κ1) is 17.2. The normalized spacial score (nSPS) is 11.0. The fourth-order valence-corrected chi connectivity index (χ4v) is 2.72. The summed E-state index contributed by atoms with van der Waals surface area (Å²) in [5, 5.41) is 57.9. The zero-order chi connectivity index (χ0) is 17.0. The van der Waals surface area contributed by atoms with E-state index >= 15 is 0 Å². The molecule has 0 aliphatic rings. The van der Waals surface area contributed by atoms with E-state index in [9.17, 15) is 30.6 Å². The summed E-state index contributed by atoms with van der Waals surface area (Å²) in [6, 6.07) is 5.87. The third-order valence-corrected chi connectivity index (χ3v) is 4.02. The van der Waals surface area contributed by atoms with Crippen molar-refractivity contribution in [2.45, 2.75) is 32.8 Å². The van der Waals surface area contributed by atoms with E-state index in [2.05, 4.69) is 0 Å². The second-order valence-electron chi connectivity index (χ2n) is 5.21. The number of aliphatic hydroxyl groups is 4. The maximum atomic E-state index is 9.91. The summed E-state index contributed by atoms with van der Waals surface area (Å²) in [4.78, 5) is 0. The molecule has 6 N–H and O–H groups in total. The summed E-state index contributed by atoms with van der Waals surface area (Å²) in [5.74, 6) is -0.202. The molecular formula is C17H20O6. The van der Waals surface area contributed by atoms with Gasteiger partial charge < -0.3 is 30.6 Å². The number of phenols is 2. The molecule has 0 aromatic heterocycles. The quantitative estimate of drug-likeness (QED) is 0.465. The number of aliphatic hydroxyl groups excluding tert-OH is 4. The first-order valence-electron chi connectivity index (χ1n) is 7.15. The lowest BCUT2D eigenvalue weighted by Crippen LogP contribution is -2.07. The molecule has 0 spiro atoms. The molecule has 6 nitrogen and oxygen atoms in total. The molecule has 2 rings (SSSR count). The summed E-state index contributed by atoms with van der Waals surface area (Å²) >= 11 is 0. The van der Waals surface area contributed by atoms with Gasteiger partial charge in [0.25, 0.3) is 0 Å². The molecule has 124 valence electrons. The van der Waals surface area contributed by atoms with Crippen LogP contribution in [0.4, 0.5) is 0 Å². The molecule has 0 amide bonds. The first-order valence-corrected chi connectivity index (χ1v) is 7.15. The predicted octanol–water partition coefficient (Wildman–Crippen LogP) is 0.658. The highest BCUT2D eigenvalue weighted by Crippen LogP contribution is 2.32. The second kappa shape index (κ2) is 7.43. The van der Waals surface area contributed by atoms with Gasteiger partial charge in [0.2, 0.25) is 0 Å².